The average Bonchev–Trinajstić information content (AvgIpc) is 3.44. The van der Waals surface area contributed by atoms with Crippen molar-refractivity contribution in [2.24, 2.45) is 5.92 Å². The van der Waals surface area contributed by atoms with Gasteiger partial charge in [0.05, 0.1) is 18.4 Å². The monoisotopic (exact) mass is 562 g/mol. The fraction of sp³-hybridized carbons (Fsp3) is 0.704. The molecule has 39 heavy (non-hydrogen) atoms. The third kappa shape index (κ3) is 9.47. The highest BCUT2D eigenvalue weighted by molar-refractivity contribution is 6.76. The van der Waals surface area contributed by atoms with E-state index in [2.05, 4.69) is 35.3 Å². The zero-order valence-corrected chi connectivity index (χ0v) is 25.8. The number of fused-ring (bicyclic) bond motifs is 1. The lowest BCUT2D eigenvalue weighted by Crippen LogP contribution is -2.35. The van der Waals surface area contributed by atoms with Crippen LogP contribution in [0.15, 0.2) is 12.4 Å². The largest absolute Gasteiger partial charge is 0.444 e. The molecule has 2 amide bonds. The summed E-state index contributed by atoms with van der Waals surface area (Å²) in [6.07, 6.45) is 4.03. The minimum absolute atomic E-state index is 0.154. The summed E-state index contributed by atoms with van der Waals surface area (Å²) in [5, 5.41) is 6.32. The molecule has 3 rings (SSSR count). The zero-order chi connectivity index (χ0) is 28.8. The standard InChI is InChI=1S/C27H46N6O5Si/c1-19(17-36-5)30-25(34)21-16-33(18-37-11-12-39(6,7)8)24-23(21)31-22(14-29-24)28-13-20-9-10-32(15-20)26(35)38-27(2,3)4/h14,16,19-20H,9-13,15,17-18H2,1-8H3,(H,28,31)(H,30,34)/t19-,20-/m1/s1. The third-order valence-corrected chi connectivity index (χ3v) is 8.04. The van der Waals surface area contributed by atoms with Crippen molar-refractivity contribution in [2.45, 2.75) is 78.2 Å². The number of carbonyl (C=O) groups excluding carboxylic acids is 2. The summed E-state index contributed by atoms with van der Waals surface area (Å²) in [5.41, 5.74) is 1.03. The van der Waals surface area contributed by atoms with Gasteiger partial charge in [0, 0.05) is 53.7 Å². The highest BCUT2D eigenvalue weighted by atomic mass is 28.3. The van der Waals surface area contributed by atoms with Gasteiger partial charge < -0.3 is 34.3 Å². The minimum atomic E-state index is -1.21. The lowest BCUT2D eigenvalue weighted by Gasteiger charge is -2.24. The van der Waals surface area contributed by atoms with Crippen LogP contribution < -0.4 is 10.6 Å². The van der Waals surface area contributed by atoms with Gasteiger partial charge in [-0.25, -0.2) is 14.8 Å². The number of carbonyl (C=O) groups is 2. The number of aromatic nitrogens is 3. The summed E-state index contributed by atoms with van der Waals surface area (Å²) in [6.45, 7) is 17.7. The number of anilines is 1. The fourth-order valence-corrected chi connectivity index (χ4v) is 5.03. The Morgan fingerprint density at radius 3 is 2.67 bits per heavy atom. The normalized spacial score (nSPS) is 16.9. The van der Waals surface area contributed by atoms with Gasteiger partial charge in [0.1, 0.15) is 23.7 Å². The summed E-state index contributed by atoms with van der Waals surface area (Å²) in [4.78, 5) is 36.7. The molecular weight excluding hydrogens is 516 g/mol. The quantitative estimate of drug-likeness (QED) is 0.292. The molecule has 0 aromatic carbocycles. The molecule has 1 aliphatic rings. The Hall–Kier alpha value is -2.70. The van der Waals surface area contributed by atoms with E-state index < -0.39 is 13.7 Å². The number of hydrogen-bond donors (Lipinski definition) is 2. The number of nitrogens with zero attached hydrogens (tertiary/aromatic N) is 4. The van der Waals surface area contributed by atoms with Crippen LogP contribution >= 0.6 is 0 Å². The smallest absolute Gasteiger partial charge is 0.410 e. The van der Waals surface area contributed by atoms with Crippen molar-refractivity contribution in [3.63, 3.8) is 0 Å². The first-order valence-electron chi connectivity index (χ1n) is 13.7. The van der Waals surface area contributed by atoms with Crippen molar-refractivity contribution in [1.29, 1.82) is 0 Å². The van der Waals surface area contributed by atoms with Crippen LogP contribution in [-0.2, 0) is 20.9 Å². The third-order valence-electron chi connectivity index (χ3n) is 6.34. The van der Waals surface area contributed by atoms with E-state index in [0.29, 0.717) is 62.1 Å². The number of methoxy groups -OCH3 is 1. The number of hydrogen-bond acceptors (Lipinski definition) is 8. The predicted octanol–water partition coefficient (Wildman–Crippen LogP) is 4.18. The van der Waals surface area contributed by atoms with Crippen molar-refractivity contribution in [3.05, 3.63) is 18.0 Å². The molecule has 0 saturated carbocycles. The van der Waals surface area contributed by atoms with Crippen LogP contribution in [0.4, 0.5) is 10.6 Å². The van der Waals surface area contributed by atoms with Gasteiger partial charge in [0.25, 0.3) is 5.91 Å². The Kier molecular flexibility index (Phi) is 10.4. The molecule has 2 atom stereocenters. The molecule has 1 saturated heterocycles. The van der Waals surface area contributed by atoms with Gasteiger partial charge >= 0.3 is 6.09 Å². The molecule has 12 heteroatoms. The summed E-state index contributed by atoms with van der Waals surface area (Å²) >= 11 is 0. The lowest BCUT2D eigenvalue weighted by atomic mass is 10.1. The summed E-state index contributed by atoms with van der Waals surface area (Å²) in [5.74, 6) is 0.604. The maximum atomic E-state index is 13.1. The predicted molar refractivity (Wildman–Crippen MR) is 155 cm³/mol. The van der Waals surface area contributed by atoms with Crippen LogP contribution in [0.25, 0.3) is 11.2 Å². The van der Waals surface area contributed by atoms with E-state index in [9.17, 15) is 9.59 Å². The van der Waals surface area contributed by atoms with Gasteiger partial charge in [-0.3, -0.25) is 4.79 Å². The topological polar surface area (TPSA) is 120 Å². The number of nitrogens with one attached hydrogen (secondary N) is 2. The second kappa shape index (κ2) is 13.1. The van der Waals surface area contributed by atoms with E-state index in [4.69, 9.17) is 19.2 Å². The summed E-state index contributed by atoms with van der Waals surface area (Å²) in [7, 11) is 0.391. The Bertz CT molecular complexity index is 1130. The minimum Gasteiger partial charge on any atom is -0.444 e. The van der Waals surface area contributed by atoms with Crippen LogP contribution in [-0.4, -0.2) is 91.1 Å². The van der Waals surface area contributed by atoms with Crippen LogP contribution in [0, 0.1) is 5.92 Å². The Balaban J connectivity index is 1.71. The molecule has 0 unspecified atom stereocenters. The van der Waals surface area contributed by atoms with Crippen LogP contribution in [0.5, 0.6) is 0 Å². The SMILES string of the molecule is COC[C@@H](C)NC(=O)c1cn(COCC[Si](C)(C)C)c2ncc(NC[C@H]3CCN(C(=O)OC(C)(C)C)C3)nc12. The van der Waals surface area contributed by atoms with Crippen LogP contribution in [0.1, 0.15) is 44.5 Å². The van der Waals surface area contributed by atoms with Gasteiger partial charge in [-0.2, -0.15) is 0 Å². The molecule has 1 fully saturated rings. The molecular formula is C27H46N6O5Si. The van der Waals surface area contributed by atoms with E-state index in [1.807, 2.05) is 32.3 Å². The van der Waals surface area contributed by atoms with Gasteiger partial charge in [0.2, 0.25) is 0 Å². The highest BCUT2D eigenvalue weighted by Crippen LogP contribution is 2.23. The second-order valence-corrected chi connectivity index (χ2v) is 18.2. The highest BCUT2D eigenvalue weighted by Gasteiger charge is 2.30. The average molecular weight is 563 g/mol. The van der Waals surface area contributed by atoms with Gasteiger partial charge in [-0.1, -0.05) is 19.6 Å². The molecule has 218 valence electrons. The van der Waals surface area contributed by atoms with Crippen molar-refractivity contribution in [3.8, 4) is 0 Å². The fourth-order valence-electron chi connectivity index (χ4n) is 4.28. The van der Waals surface area contributed by atoms with Crippen molar-refractivity contribution in [2.75, 3.05) is 45.3 Å². The molecule has 2 aromatic heterocycles. The van der Waals surface area contributed by atoms with Gasteiger partial charge in [0.15, 0.2) is 5.65 Å². The maximum Gasteiger partial charge on any atom is 0.410 e. The first-order chi connectivity index (χ1) is 18.3. The molecule has 1 aliphatic heterocycles. The number of rotatable bonds is 12. The summed E-state index contributed by atoms with van der Waals surface area (Å²) < 4.78 is 18.4. The zero-order valence-electron chi connectivity index (χ0n) is 24.8. The maximum absolute atomic E-state index is 13.1. The molecule has 0 radical (unpaired) electrons. The van der Waals surface area contributed by atoms with E-state index >= 15 is 0 Å². The van der Waals surface area contributed by atoms with E-state index in [0.717, 1.165) is 12.5 Å². The number of likely N-dealkylation sites (tertiary alicyclic amines) is 1. The van der Waals surface area contributed by atoms with Crippen LogP contribution in [0.2, 0.25) is 25.7 Å². The first-order valence-corrected chi connectivity index (χ1v) is 17.4. The van der Waals surface area contributed by atoms with Gasteiger partial charge in [-0.05, 0) is 46.1 Å². The van der Waals surface area contributed by atoms with Crippen LogP contribution in [0.3, 0.4) is 0 Å². The molecule has 2 N–H and O–H groups in total. The van der Waals surface area contributed by atoms with Crippen molar-refractivity contribution in [1.82, 2.24) is 24.8 Å². The van der Waals surface area contributed by atoms with E-state index in [1.54, 1.807) is 24.4 Å². The van der Waals surface area contributed by atoms with E-state index in [-0.39, 0.29) is 24.0 Å². The number of ether oxygens (including phenoxy) is 3. The Morgan fingerprint density at radius 1 is 1.26 bits per heavy atom. The molecule has 11 nitrogen and oxygen atoms in total. The van der Waals surface area contributed by atoms with E-state index in [1.165, 1.54) is 0 Å². The van der Waals surface area contributed by atoms with Gasteiger partial charge in [-0.15, -0.1) is 0 Å². The molecule has 0 aliphatic carbocycles. The Morgan fingerprint density at radius 2 is 2.00 bits per heavy atom. The first kappa shape index (κ1) is 30.8. The Labute approximate surface area is 233 Å². The second-order valence-electron chi connectivity index (χ2n) is 12.6. The molecule has 2 aromatic rings. The van der Waals surface area contributed by atoms with Crippen molar-refractivity contribution >= 4 is 37.1 Å². The number of amides is 2. The van der Waals surface area contributed by atoms with Crippen molar-refractivity contribution < 1.29 is 23.8 Å². The molecule has 0 bridgehead atoms. The lowest BCUT2D eigenvalue weighted by molar-refractivity contribution is 0.0289. The molecule has 0 spiro atoms. The summed E-state index contributed by atoms with van der Waals surface area (Å²) in [6, 6.07) is 0.902. The molecule has 3 heterocycles.